The fourth-order valence-corrected chi connectivity index (χ4v) is 6.67. The van der Waals surface area contributed by atoms with Crippen molar-refractivity contribution in [2.75, 3.05) is 44.3 Å². The monoisotopic (exact) mass is 466 g/mol. The Balaban J connectivity index is 1.04. The normalized spacial score (nSPS) is 26.0. The Morgan fingerprint density at radius 1 is 1.00 bits per heavy atom. The van der Waals surface area contributed by atoms with Gasteiger partial charge < -0.3 is 19.3 Å². The maximum atomic E-state index is 14.2. The van der Waals surface area contributed by atoms with E-state index in [9.17, 15) is 4.39 Å². The SMILES string of the molecule is Fc1ccc(OC2CCOCC2)c(C2CCN([C@@H]3CCC4(C3)CN(c3cncnc3)C4)CC2)c1. The average molecular weight is 467 g/mol. The standard InChI is InChI=1S/C27H35FN4O2/c28-21-1-2-26(34-24-6-11-33-12-7-24)25(13-21)20-4-9-31(10-5-20)22-3-8-27(14-22)17-32(18-27)23-15-29-19-30-16-23/h1-2,13,15-16,19-20,22,24H,3-12,14,17-18H2/t22-/m1/s1. The van der Waals surface area contributed by atoms with Crippen molar-refractivity contribution in [2.45, 2.75) is 63.0 Å². The molecule has 1 saturated carbocycles. The van der Waals surface area contributed by atoms with Crippen LogP contribution in [-0.2, 0) is 4.74 Å². The number of piperidine rings is 1. The summed E-state index contributed by atoms with van der Waals surface area (Å²) in [4.78, 5) is 13.5. The smallest absolute Gasteiger partial charge is 0.123 e. The third-order valence-corrected chi connectivity index (χ3v) is 8.56. The number of likely N-dealkylation sites (tertiary alicyclic amines) is 1. The Kier molecular flexibility index (Phi) is 6.16. The van der Waals surface area contributed by atoms with Gasteiger partial charge in [-0.15, -0.1) is 0 Å². The van der Waals surface area contributed by atoms with Crippen molar-refractivity contribution in [2.24, 2.45) is 5.41 Å². The van der Waals surface area contributed by atoms with E-state index >= 15 is 0 Å². The van der Waals surface area contributed by atoms with Gasteiger partial charge in [0.15, 0.2) is 0 Å². The Morgan fingerprint density at radius 3 is 2.53 bits per heavy atom. The van der Waals surface area contributed by atoms with E-state index in [1.54, 1.807) is 12.4 Å². The molecule has 0 unspecified atom stereocenters. The third kappa shape index (κ3) is 4.52. The Morgan fingerprint density at radius 2 is 1.76 bits per heavy atom. The molecule has 1 aromatic carbocycles. The lowest BCUT2D eigenvalue weighted by molar-refractivity contribution is 0.0248. The van der Waals surface area contributed by atoms with Crippen molar-refractivity contribution < 1.29 is 13.9 Å². The quantitative estimate of drug-likeness (QED) is 0.651. The van der Waals surface area contributed by atoms with E-state index in [0.717, 1.165) is 82.1 Å². The number of rotatable bonds is 5. The second-order valence-corrected chi connectivity index (χ2v) is 10.8. The van der Waals surface area contributed by atoms with E-state index in [2.05, 4.69) is 19.8 Å². The van der Waals surface area contributed by atoms with Gasteiger partial charge in [0, 0.05) is 43.0 Å². The van der Waals surface area contributed by atoms with Crippen LogP contribution >= 0.6 is 0 Å². The van der Waals surface area contributed by atoms with Crippen LogP contribution in [0, 0.1) is 11.2 Å². The van der Waals surface area contributed by atoms with Crippen LogP contribution < -0.4 is 9.64 Å². The van der Waals surface area contributed by atoms with Crippen LogP contribution in [0.1, 0.15) is 56.4 Å². The van der Waals surface area contributed by atoms with Crippen molar-refractivity contribution in [1.29, 1.82) is 0 Å². The van der Waals surface area contributed by atoms with Crippen molar-refractivity contribution in [1.82, 2.24) is 14.9 Å². The molecule has 0 amide bonds. The lowest BCUT2D eigenvalue weighted by Crippen LogP contribution is -2.56. The molecule has 0 bridgehead atoms. The summed E-state index contributed by atoms with van der Waals surface area (Å²) in [6.07, 6.45) is 13.5. The van der Waals surface area contributed by atoms with Gasteiger partial charge in [-0.1, -0.05) is 0 Å². The molecule has 6 nitrogen and oxygen atoms in total. The number of nitrogens with zero attached hydrogens (tertiary/aromatic N) is 4. The molecule has 1 spiro atoms. The summed E-state index contributed by atoms with van der Waals surface area (Å²) >= 11 is 0. The first-order valence-electron chi connectivity index (χ1n) is 13.0. The van der Waals surface area contributed by atoms with Crippen LogP contribution in [0.15, 0.2) is 36.9 Å². The fraction of sp³-hybridized carbons (Fsp3) is 0.630. The minimum Gasteiger partial charge on any atom is -0.490 e. The summed E-state index contributed by atoms with van der Waals surface area (Å²) < 4.78 is 26.0. The second kappa shape index (κ2) is 9.42. The molecule has 4 heterocycles. The van der Waals surface area contributed by atoms with Gasteiger partial charge in [-0.3, -0.25) is 0 Å². The highest BCUT2D eigenvalue weighted by Crippen LogP contribution is 2.49. The number of aromatic nitrogens is 2. The summed E-state index contributed by atoms with van der Waals surface area (Å²) in [5, 5.41) is 0. The van der Waals surface area contributed by atoms with Gasteiger partial charge in [-0.05, 0) is 69.3 Å². The Labute approximate surface area is 201 Å². The lowest BCUT2D eigenvalue weighted by Gasteiger charge is -2.50. The van der Waals surface area contributed by atoms with Gasteiger partial charge >= 0.3 is 0 Å². The van der Waals surface area contributed by atoms with E-state index in [-0.39, 0.29) is 11.9 Å². The zero-order valence-corrected chi connectivity index (χ0v) is 19.9. The molecule has 4 fully saturated rings. The molecular formula is C27H35FN4O2. The number of hydrogen-bond acceptors (Lipinski definition) is 6. The van der Waals surface area contributed by atoms with Crippen LogP contribution in [-0.4, -0.2) is 66.4 Å². The minimum absolute atomic E-state index is 0.159. The van der Waals surface area contributed by atoms with Crippen LogP contribution in [0.25, 0.3) is 0 Å². The Hall–Kier alpha value is -2.25. The molecule has 1 aliphatic carbocycles. The molecule has 182 valence electrons. The molecule has 1 atom stereocenters. The number of halogens is 1. The van der Waals surface area contributed by atoms with Gasteiger partial charge in [0.2, 0.25) is 0 Å². The highest BCUT2D eigenvalue weighted by atomic mass is 19.1. The first-order chi connectivity index (χ1) is 16.7. The summed E-state index contributed by atoms with van der Waals surface area (Å²) in [6, 6.07) is 5.78. The van der Waals surface area contributed by atoms with Gasteiger partial charge in [0.25, 0.3) is 0 Å². The zero-order chi connectivity index (χ0) is 23.0. The van der Waals surface area contributed by atoms with Crippen LogP contribution in [0.5, 0.6) is 5.75 Å². The van der Waals surface area contributed by atoms with Gasteiger partial charge in [-0.2, -0.15) is 0 Å². The van der Waals surface area contributed by atoms with E-state index in [4.69, 9.17) is 9.47 Å². The maximum Gasteiger partial charge on any atom is 0.123 e. The van der Waals surface area contributed by atoms with E-state index in [1.807, 2.05) is 18.5 Å². The maximum absolute atomic E-state index is 14.2. The number of anilines is 1. The molecule has 4 aliphatic rings. The molecular weight excluding hydrogens is 431 g/mol. The summed E-state index contributed by atoms with van der Waals surface area (Å²) in [5.74, 6) is 1.09. The number of hydrogen-bond donors (Lipinski definition) is 0. The summed E-state index contributed by atoms with van der Waals surface area (Å²) in [5.41, 5.74) is 2.67. The Bertz CT molecular complexity index is 970. The van der Waals surface area contributed by atoms with Crippen molar-refractivity contribution in [3.63, 3.8) is 0 Å². The molecule has 7 heteroatoms. The second-order valence-electron chi connectivity index (χ2n) is 10.8. The lowest BCUT2D eigenvalue weighted by atomic mass is 9.77. The molecule has 0 radical (unpaired) electrons. The van der Waals surface area contributed by atoms with Crippen LogP contribution in [0.3, 0.4) is 0 Å². The summed E-state index contributed by atoms with van der Waals surface area (Å²) in [7, 11) is 0. The molecule has 2 aromatic rings. The van der Waals surface area contributed by atoms with Crippen LogP contribution in [0.2, 0.25) is 0 Å². The molecule has 0 N–H and O–H groups in total. The summed E-state index contributed by atoms with van der Waals surface area (Å²) in [6.45, 7) is 5.94. The molecule has 1 aromatic heterocycles. The van der Waals surface area contributed by atoms with Gasteiger partial charge in [0.05, 0.1) is 31.3 Å². The first-order valence-corrected chi connectivity index (χ1v) is 13.0. The predicted molar refractivity (Wildman–Crippen MR) is 129 cm³/mol. The molecule has 3 saturated heterocycles. The van der Waals surface area contributed by atoms with Crippen molar-refractivity contribution >= 4 is 5.69 Å². The predicted octanol–water partition coefficient (Wildman–Crippen LogP) is 4.41. The minimum atomic E-state index is -0.159. The number of benzene rings is 1. The largest absolute Gasteiger partial charge is 0.490 e. The molecule has 3 aliphatic heterocycles. The highest BCUT2D eigenvalue weighted by Gasteiger charge is 2.49. The van der Waals surface area contributed by atoms with E-state index in [0.29, 0.717) is 17.4 Å². The van der Waals surface area contributed by atoms with E-state index in [1.165, 1.54) is 25.3 Å². The van der Waals surface area contributed by atoms with E-state index < -0.39 is 0 Å². The van der Waals surface area contributed by atoms with Crippen molar-refractivity contribution in [3.8, 4) is 5.75 Å². The first kappa shape index (κ1) is 22.2. The molecule has 6 rings (SSSR count). The highest BCUT2D eigenvalue weighted by molar-refractivity contribution is 5.46. The fourth-order valence-electron chi connectivity index (χ4n) is 6.67. The van der Waals surface area contributed by atoms with Crippen LogP contribution in [0.4, 0.5) is 10.1 Å². The number of ether oxygens (including phenoxy) is 2. The third-order valence-electron chi connectivity index (χ3n) is 8.56. The van der Waals surface area contributed by atoms with Gasteiger partial charge in [0.1, 0.15) is 24.0 Å². The average Bonchev–Trinajstić information content (AvgIpc) is 3.32. The van der Waals surface area contributed by atoms with Gasteiger partial charge in [-0.25, -0.2) is 14.4 Å². The topological polar surface area (TPSA) is 50.7 Å². The molecule has 34 heavy (non-hydrogen) atoms. The van der Waals surface area contributed by atoms with Crippen molar-refractivity contribution in [3.05, 3.63) is 48.3 Å². The zero-order valence-electron chi connectivity index (χ0n) is 19.9.